The number of anilines is 1. The van der Waals surface area contributed by atoms with Crippen molar-refractivity contribution in [2.24, 2.45) is 0 Å². The lowest BCUT2D eigenvalue weighted by Gasteiger charge is -2.40. The molecule has 1 aromatic carbocycles. The zero-order valence-corrected chi connectivity index (χ0v) is 16.6. The van der Waals surface area contributed by atoms with E-state index < -0.39 is 5.54 Å². The molecule has 0 radical (unpaired) electrons. The fourth-order valence-electron chi connectivity index (χ4n) is 3.55. The minimum Gasteiger partial charge on any atom is -0.497 e. The summed E-state index contributed by atoms with van der Waals surface area (Å²) in [5.74, 6) is 0.794. The van der Waals surface area contributed by atoms with Gasteiger partial charge in [-0.15, -0.1) is 0 Å². The highest BCUT2D eigenvalue weighted by molar-refractivity contribution is 5.91. The predicted octanol–water partition coefficient (Wildman–Crippen LogP) is 3.04. The van der Waals surface area contributed by atoms with Gasteiger partial charge in [-0.05, 0) is 51.2 Å². The number of aliphatic hydroxyl groups excluding tert-OH is 1. The Bertz CT molecular complexity index is 802. The van der Waals surface area contributed by atoms with Gasteiger partial charge in [-0.2, -0.15) is 0 Å². The summed E-state index contributed by atoms with van der Waals surface area (Å²) < 4.78 is 5.39. The van der Waals surface area contributed by atoms with Crippen LogP contribution in [0.4, 0.5) is 10.5 Å². The van der Waals surface area contributed by atoms with Crippen LogP contribution in [0.5, 0.6) is 5.75 Å². The number of carbonyl (C=O) groups is 1. The lowest BCUT2D eigenvalue weighted by Crippen LogP contribution is -2.58. The number of pyridine rings is 1. The van der Waals surface area contributed by atoms with Gasteiger partial charge in [0, 0.05) is 30.2 Å². The van der Waals surface area contributed by atoms with Gasteiger partial charge in [0.1, 0.15) is 5.75 Å². The molecule has 2 amide bonds. The van der Waals surface area contributed by atoms with Crippen LogP contribution in [0, 0.1) is 0 Å². The zero-order chi connectivity index (χ0) is 20.0. The molecule has 0 spiro atoms. The van der Waals surface area contributed by atoms with Crippen LogP contribution in [0.2, 0.25) is 0 Å². The summed E-state index contributed by atoms with van der Waals surface area (Å²) in [7, 11) is 1.66. The molecule has 1 aliphatic rings. The minimum absolute atomic E-state index is 0.00387. The lowest BCUT2D eigenvalue weighted by molar-refractivity contribution is 0.0959. The molecular formula is C21H30N4O3. The first-order valence-electron chi connectivity index (χ1n) is 9.91. The number of hydrogen-bond donors (Lipinski definition) is 4. The van der Waals surface area contributed by atoms with Crippen molar-refractivity contribution in [3.8, 4) is 5.75 Å². The number of nitrogens with one attached hydrogen (secondary N) is 3. The lowest BCUT2D eigenvalue weighted by atomic mass is 9.77. The summed E-state index contributed by atoms with van der Waals surface area (Å²) in [5.41, 5.74) is 1.46. The van der Waals surface area contributed by atoms with Crippen LogP contribution >= 0.6 is 0 Å². The summed E-state index contributed by atoms with van der Waals surface area (Å²) in [6.45, 7) is 2.71. The average Bonchev–Trinajstić information content (AvgIpc) is 2.68. The van der Waals surface area contributed by atoms with Gasteiger partial charge in [-0.1, -0.05) is 6.07 Å². The van der Waals surface area contributed by atoms with Crippen molar-refractivity contribution in [1.29, 1.82) is 0 Å². The van der Waals surface area contributed by atoms with Crippen LogP contribution in [-0.2, 0) is 0 Å². The maximum atomic E-state index is 12.0. The van der Waals surface area contributed by atoms with Gasteiger partial charge in [0.25, 0.3) is 0 Å². The van der Waals surface area contributed by atoms with E-state index in [1.54, 1.807) is 13.3 Å². The van der Waals surface area contributed by atoms with Gasteiger partial charge in [0.2, 0.25) is 0 Å². The Labute approximate surface area is 165 Å². The van der Waals surface area contributed by atoms with Gasteiger partial charge in [-0.25, -0.2) is 4.79 Å². The molecule has 28 heavy (non-hydrogen) atoms. The number of methoxy groups -OCH3 is 1. The second kappa shape index (κ2) is 9.10. The second-order valence-electron chi connectivity index (χ2n) is 7.61. The summed E-state index contributed by atoms with van der Waals surface area (Å²) >= 11 is 0. The SMILES string of the molecule is COc1cc(NC(C)CCCNC(=O)NC2(CO)CCC2)c2ncccc2c1. The monoisotopic (exact) mass is 386 g/mol. The van der Waals surface area contributed by atoms with E-state index >= 15 is 0 Å². The Balaban J connectivity index is 1.46. The Morgan fingerprint density at radius 3 is 2.89 bits per heavy atom. The Morgan fingerprint density at radius 1 is 1.39 bits per heavy atom. The summed E-state index contributed by atoms with van der Waals surface area (Å²) in [6, 6.07) is 7.89. The van der Waals surface area contributed by atoms with Crippen LogP contribution in [0.15, 0.2) is 30.5 Å². The largest absolute Gasteiger partial charge is 0.497 e. The van der Waals surface area contributed by atoms with E-state index in [2.05, 4.69) is 27.9 Å². The van der Waals surface area contributed by atoms with E-state index in [9.17, 15) is 9.90 Å². The van der Waals surface area contributed by atoms with Crippen molar-refractivity contribution < 1.29 is 14.6 Å². The topological polar surface area (TPSA) is 95.5 Å². The number of urea groups is 1. The number of benzene rings is 1. The molecule has 4 N–H and O–H groups in total. The first kappa shape index (κ1) is 20.2. The number of carbonyl (C=O) groups excluding carboxylic acids is 1. The molecule has 1 atom stereocenters. The molecule has 2 aromatic rings. The molecule has 7 nitrogen and oxygen atoms in total. The summed E-state index contributed by atoms with van der Waals surface area (Å²) in [5, 5.41) is 19.7. The van der Waals surface area contributed by atoms with Gasteiger partial charge < -0.3 is 25.8 Å². The molecule has 3 rings (SSSR count). The molecule has 152 valence electrons. The number of rotatable bonds is 9. The van der Waals surface area contributed by atoms with E-state index in [1.807, 2.05) is 24.3 Å². The first-order chi connectivity index (χ1) is 13.5. The molecule has 1 saturated carbocycles. The highest BCUT2D eigenvalue weighted by Crippen LogP contribution is 2.31. The van der Waals surface area contributed by atoms with Crippen LogP contribution in [-0.4, -0.2) is 48.0 Å². The average molecular weight is 386 g/mol. The van der Waals surface area contributed by atoms with Crippen molar-refractivity contribution in [2.75, 3.05) is 25.6 Å². The Morgan fingerprint density at radius 2 is 2.21 bits per heavy atom. The van der Waals surface area contributed by atoms with Crippen molar-refractivity contribution in [2.45, 2.75) is 50.6 Å². The fraction of sp³-hybridized carbons (Fsp3) is 0.524. The van der Waals surface area contributed by atoms with Crippen molar-refractivity contribution >= 4 is 22.6 Å². The van der Waals surface area contributed by atoms with E-state index in [0.717, 1.165) is 54.4 Å². The van der Waals surface area contributed by atoms with Crippen LogP contribution in [0.25, 0.3) is 10.9 Å². The van der Waals surface area contributed by atoms with Crippen molar-refractivity contribution in [3.63, 3.8) is 0 Å². The smallest absolute Gasteiger partial charge is 0.315 e. The van der Waals surface area contributed by atoms with Crippen molar-refractivity contribution in [3.05, 3.63) is 30.5 Å². The predicted molar refractivity (Wildman–Crippen MR) is 111 cm³/mol. The molecule has 7 heteroatoms. The number of aliphatic hydroxyl groups is 1. The third-order valence-corrected chi connectivity index (χ3v) is 5.41. The second-order valence-corrected chi connectivity index (χ2v) is 7.61. The third-order valence-electron chi connectivity index (χ3n) is 5.41. The van der Waals surface area contributed by atoms with Gasteiger partial charge in [0.15, 0.2) is 0 Å². The van der Waals surface area contributed by atoms with Gasteiger partial charge >= 0.3 is 6.03 Å². The minimum atomic E-state index is -0.403. The molecule has 0 saturated heterocycles. The maximum absolute atomic E-state index is 12.0. The van der Waals surface area contributed by atoms with Gasteiger partial charge in [0.05, 0.1) is 30.5 Å². The fourth-order valence-corrected chi connectivity index (χ4v) is 3.55. The Kier molecular flexibility index (Phi) is 6.57. The maximum Gasteiger partial charge on any atom is 0.315 e. The normalized spacial score (nSPS) is 16.1. The number of fused-ring (bicyclic) bond motifs is 1. The number of hydrogen-bond acceptors (Lipinski definition) is 5. The standard InChI is InChI=1S/C21H30N4O3/c1-15(6-3-11-23-20(27)25-21(14-26)8-5-9-21)24-18-13-17(28-2)12-16-7-4-10-22-19(16)18/h4,7,10,12-13,15,24,26H,3,5-6,8-9,11,14H2,1-2H3,(H2,23,25,27). The third kappa shape index (κ3) is 4.84. The number of amides is 2. The molecule has 0 bridgehead atoms. The zero-order valence-electron chi connectivity index (χ0n) is 16.6. The molecule has 1 aliphatic carbocycles. The van der Waals surface area contributed by atoms with Crippen LogP contribution < -0.4 is 20.7 Å². The van der Waals surface area contributed by atoms with Gasteiger partial charge in [-0.3, -0.25) is 4.98 Å². The van der Waals surface area contributed by atoms with E-state index in [4.69, 9.17) is 4.74 Å². The molecule has 1 heterocycles. The van der Waals surface area contributed by atoms with E-state index in [1.165, 1.54) is 0 Å². The quantitative estimate of drug-likeness (QED) is 0.497. The van der Waals surface area contributed by atoms with E-state index in [-0.39, 0.29) is 18.7 Å². The first-order valence-corrected chi connectivity index (χ1v) is 9.91. The molecule has 1 fully saturated rings. The molecule has 1 aromatic heterocycles. The van der Waals surface area contributed by atoms with Crippen molar-refractivity contribution in [1.82, 2.24) is 15.6 Å². The molecule has 1 unspecified atom stereocenters. The van der Waals surface area contributed by atoms with Crippen LogP contribution in [0.1, 0.15) is 39.0 Å². The molecule has 0 aliphatic heterocycles. The number of aromatic nitrogens is 1. The van der Waals surface area contributed by atoms with Crippen LogP contribution in [0.3, 0.4) is 0 Å². The highest BCUT2D eigenvalue weighted by Gasteiger charge is 2.37. The Hall–Kier alpha value is -2.54. The molecular weight excluding hydrogens is 356 g/mol. The number of nitrogens with zero attached hydrogens (tertiary/aromatic N) is 1. The summed E-state index contributed by atoms with van der Waals surface area (Å²) in [4.78, 5) is 16.5. The van der Waals surface area contributed by atoms with E-state index in [0.29, 0.717) is 6.54 Å². The number of ether oxygens (including phenoxy) is 1. The highest BCUT2D eigenvalue weighted by atomic mass is 16.5. The summed E-state index contributed by atoms with van der Waals surface area (Å²) in [6.07, 6.45) is 6.28.